The van der Waals surface area contributed by atoms with E-state index in [-0.39, 0.29) is 0 Å². The SMILES string of the molecule is Cc1ccc2cc(CN(C)C(C)C(=O)O)c(Cl)nc2c1. The predicted octanol–water partition coefficient (Wildman–Crippen LogP) is 3.10. The minimum absolute atomic E-state index is 0.424. The van der Waals surface area contributed by atoms with Gasteiger partial charge in [0, 0.05) is 17.5 Å². The van der Waals surface area contributed by atoms with Crippen molar-refractivity contribution < 1.29 is 9.90 Å². The Morgan fingerprint density at radius 1 is 1.45 bits per heavy atom. The molecule has 1 N–H and O–H groups in total. The summed E-state index contributed by atoms with van der Waals surface area (Å²) in [6.07, 6.45) is 0. The topological polar surface area (TPSA) is 53.4 Å². The zero-order valence-electron chi connectivity index (χ0n) is 11.7. The summed E-state index contributed by atoms with van der Waals surface area (Å²) in [5.41, 5.74) is 2.82. The zero-order chi connectivity index (χ0) is 14.9. The molecule has 0 radical (unpaired) electrons. The average Bonchev–Trinajstić information content (AvgIpc) is 2.38. The van der Waals surface area contributed by atoms with Crippen molar-refractivity contribution in [3.05, 3.63) is 40.5 Å². The van der Waals surface area contributed by atoms with Crippen LogP contribution in [0.3, 0.4) is 0 Å². The Labute approximate surface area is 123 Å². The van der Waals surface area contributed by atoms with E-state index in [1.54, 1.807) is 18.9 Å². The maximum Gasteiger partial charge on any atom is 0.320 e. The number of rotatable bonds is 4. The van der Waals surface area contributed by atoms with E-state index in [4.69, 9.17) is 16.7 Å². The molecule has 20 heavy (non-hydrogen) atoms. The van der Waals surface area contributed by atoms with Gasteiger partial charge in [0.05, 0.1) is 5.52 Å². The van der Waals surface area contributed by atoms with Gasteiger partial charge in [-0.25, -0.2) is 4.98 Å². The number of nitrogens with zero attached hydrogens (tertiary/aromatic N) is 2. The van der Waals surface area contributed by atoms with Crippen LogP contribution in [0.4, 0.5) is 0 Å². The molecule has 106 valence electrons. The Morgan fingerprint density at radius 3 is 2.80 bits per heavy atom. The Bertz CT molecular complexity index is 658. The molecule has 0 fully saturated rings. The Balaban J connectivity index is 2.33. The molecular weight excluding hydrogens is 276 g/mol. The van der Waals surface area contributed by atoms with E-state index in [9.17, 15) is 4.79 Å². The van der Waals surface area contributed by atoms with Crippen LogP contribution in [0.15, 0.2) is 24.3 Å². The van der Waals surface area contributed by atoms with Crippen molar-refractivity contribution in [3.63, 3.8) is 0 Å². The Kier molecular flexibility index (Phi) is 4.26. The number of aromatic nitrogens is 1. The van der Waals surface area contributed by atoms with Gasteiger partial charge >= 0.3 is 5.97 Å². The van der Waals surface area contributed by atoms with Crippen molar-refractivity contribution in [3.8, 4) is 0 Å². The van der Waals surface area contributed by atoms with Crippen LogP contribution in [-0.2, 0) is 11.3 Å². The van der Waals surface area contributed by atoms with Gasteiger partial charge in [-0.05, 0) is 38.6 Å². The number of fused-ring (bicyclic) bond motifs is 1. The second kappa shape index (κ2) is 5.77. The predicted molar refractivity (Wildman–Crippen MR) is 80.1 cm³/mol. The summed E-state index contributed by atoms with van der Waals surface area (Å²) >= 11 is 6.20. The molecule has 0 aliphatic rings. The lowest BCUT2D eigenvalue weighted by Crippen LogP contribution is -2.35. The largest absolute Gasteiger partial charge is 0.480 e. The third kappa shape index (κ3) is 3.08. The number of halogens is 1. The van der Waals surface area contributed by atoms with Crippen LogP contribution in [0.5, 0.6) is 0 Å². The number of aliphatic carboxylic acids is 1. The first kappa shape index (κ1) is 14.8. The molecule has 0 saturated heterocycles. The van der Waals surface area contributed by atoms with Crippen LogP contribution in [0.25, 0.3) is 10.9 Å². The smallest absolute Gasteiger partial charge is 0.320 e. The number of carboxylic acid groups (broad SMARTS) is 1. The lowest BCUT2D eigenvalue weighted by molar-refractivity contribution is -0.142. The Hall–Kier alpha value is -1.65. The minimum Gasteiger partial charge on any atom is -0.480 e. The fraction of sp³-hybridized carbons (Fsp3) is 0.333. The lowest BCUT2D eigenvalue weighted by Gasteiger charge is -2.21. The first-order valence-electron chi connectivity index (χ1n) is 6.37. The summed E-state index contributed by atoms with van der Waals surface area (Å²) in [7, 11) is 1.76. The first-order chi connectivity index (χ1) is 9.38. The molecule has 2 aromatic rings. The normalized spacial score (nSPS) is 12.8. The van der Waals surface area contributed by atoms with Gasteiger partial charge in [0.2, 0.25) is 0 Å². The van der Waals surface area contributed by atoms with E-state index in [0.717, 1.165) is 22.0 Å². The van der Waals surface area contributed by atoms with E-state index in [2.05, 4.69) is 4.98 Å². The summed E-state index contributed by atoms with van der Waals surface area (Å²) in [5, 5.41) is 10.4. The fourth-order valence-electron chi connectivity index (χ4n) is 2.00. The number of carbonyl (C=O) groups is 1. The van der Waals surface area contributed by atoms with Gasteiger partial charge in [-0.15, -0.1) is 0 Å². The lowest BCUT2D eigenvalue weighted by atomic mass is 10.1. The van der Waals surface area contributed by atoms with E-state index in [1.165, 1.54) is 0 Å². The second-order valence-electron chi connectivity index (χ2n) is 5.06. The van der Waals surface area contributed by atoms with Crippen molar-refractivity contribution in [1.29, 1.82) is 0 Å². The Morgan fingerprint density at radius 2 is 2.15 bits per heavy atom. The summed E-state index contributed by atoms with van der Waals surface area (Å²) in [6.45, 7) is 4.10. The number of aryl methyl sites for hydroxylation is 1. The molecule has 1 heterocycles. The highest BCUT2D eigenvalue weighted by Crippen LogP contribution is 2.23. The highest BCUT2D eigenvalue weighted by Gasteiger charge is 2.18. The molecule has 0 aliphatic carbocycles. The van der Waals surface area contributed by atoms with Crippen LogP contribution in [-0.4, -0.2) is 34.0 Å². The van der Waals surface area contributed by atoms with E-state index >= 15 is 0 Å². The molecule has 2 rings (SSSR count). The van der Waals surface area contributed by atoms with Crippen molar-refractivity contribution in [2.24, 2.45) is 0 Å². The maximum absolute atomic E-state index is 11.0. The molecule has 5 heteroatoms. The van der Waals surface area contributed by atoms with E-state index in [0.29, 0.717) is 11.7 Å². The number of hydrogen-bond donors (Lipinski definition) is 1. The molecule has 0 bridgehead atoms. The van der Waals surface area contributed by atoms with E-state index < -0.39 is 12.0 Å². The van der Waals surface area contributed by atoms with Gasteiger partial charge in [0.25, 0.3) is 0 Å². The van der Waals surface area contributed by atoms with Gasteiger partial charge < -0.3 is 5.11 Å². The van der Waals surface area contributed by atoms with Crippen molar-refractivity contribution >= 4 is 28.5 Å². The summed E-state index contributed by atoms with van der Waals surface area (Å²) in [4.78, 5) is 17.1. The quantitative estimate of drug-likeness (QED) is 0.880. The molecule has 4 nitrogen and oxygen atoms in total. The molecule has 1 aromatic carbocycles. The van der Waals surface area contributed by atoms with Crippen molar-refractivity contribution in [1.82, 2.24) is 9.88 Å². The number of likely N-dealkylation sites (N-methyl/N-ethyl adjacent to an activating group) is 1. The van der Waals surface area contributed by atoms with Crippen LogP contribution in [0.1, 0.15) is 18.1 Å². The molecule has 0 saturated carbocycles. The maximum atomic E-state index is 11.0. The van der Waals surface area contributed by atoms with Crippen LogP contribution in [0.2, 0.25) is 5.15 Å². The van der Waals surface area contributed by atoms with Crippen molar-refractivity contribution in [2.75, 3.05) is 7.05 Å². The summed E-state index contributed by atoms with van der Waals surface area (Å²) < 4.78 is 0. The highest BCUT2D eigenvalue weighted by molar-refractivity contribution is 6.30. The minimum atomic E-state index is -0.854. The summed E-state index contributed by atoms with van der Waals surface area (Å²) in [6, 6.07) is 7.40. The molecular formula is C15H17ClN2O2. The average molecular weight is 293 g/mol. The second-order valence-corrected chi connectivity index (χ2v) is 5.42. The molecule has 1 aromatic heterocycles. The number of benzene rings is 1. The van der Waals surface area contributed by atoms with Gasteiger partial charge in [-0.1, -0.05) is 23.7 Å². The summed E-state index contributed by atoms with van der Waals surface area (Å²) in [5.74, 6) is -0.854. The van der Waals surface area contributed by atoms with Crippen molar-refractivity contribution in [2.45, 2.75) is 26.4 Å². The molecule has 0 aliphatic heterocycles. The first-order valence-corrected chi connectivity index (χ1v) is 6.75. The number of carboxylic acids is 1. The number of pyridine rings is 1. The number of hydrogen-bond acceptors (Lipinski definition) is 3. The fourth-order valence-corrected chi connectivity index (χ4v) is 2.21. The van der Waals surface area contributed by atoms with Crippen LogP contribution < -0.4 is 0 Å². The van der Waals surface area contributed by atoms with Crippen LogP contribution in [0, 0.1) is 6.92 Å². The van der Waals surface area contributed by atoms with Gasteiger partial charge in [0.1, 0.15) is 11.2 Å². The van der Waals surface area contributed by atoms with Gasteiger partial charge in [-0.3, -0.25) is 9.69 Å². The molecule has 0 amide bonds. The molecule has 0 spiro atoms. The van der Waals surface area contributed by atoms with Gasteiger partial charge in [0.15, 0.2) is 0 Å². The third-order valence-electron chi connectivity index (χ3n) is 3.44. The third-order valence-corrected chi connectivity index (χ3v) is 3.76. The standard InChI is InChI=1S/C15H17ClN2O2/c1-9-4-5-11-7-12(14(16)17-13(11)6-9)8-18(3)10(2)15(19)20/h4-7,10H,8H2,1-3H3,(H,19,20). The molecule has 1 atom stereocenters. The van der Waals surface area contributed by atoms with Crippen LogP contribution >= 0.6 is 11.6 Å². The highest BCUT2D eigenvalue weighted by atomic mass is 35.5. The monoisotopic (exact) mass is 292 g/mol. The zero-order valence-corrected chi connectivity index (χ0v) is 12.5. The van der Waals surface area contributed by atoms with E-state index in [1.807, 2.05) is 31.2 Å². The molecule has 1 unspecified atom stereocenters. The van der Waals surface area contributed by atoms with Gasteiger partial charge in [-0.2, -0.15) is 0 Å².